The number of nitrogens with zero attached hydrogens (tertiary/aromatic N) is 1. The van der Waals surface area contributed by atoms with Crippen molar-refractivity contribution in [3.63, 3.8) is 0 Å². The molecule has 1 N–H and O–H groups in total. The van der Waals surface area contributed by atoms with Crippen LogP contribution in [0.2, 0.25) is 5.02 Å². The number of benzene rings is 2. The second-order valence-corrected chi connectivity index (χ2v) is 6.72. The maximum Gasteiger partial charge on any atom is 0.265 e. The van der Waals surface area contributed by atoms with Gasteiger partial charge in [-0.25, -0.2) is 0 Å². The van der Waals surface area contributed by atoms with Crippen molar-refractivity contribution in [2.24, 2.45) is 0 Å². The smallest absolute Gasteiger partial charge is 0.265 e. The van der Waals surface area contributed by atoms with Crippen LogP contribution in [0.1, 0.15) is 12.5 Å². The lowest BCUT2D eigenvalue weighted by Gasteiger charge is -2.30. The number of halogens is 1. The first-order valence-corrected chi connectivity index (χ1v) is 8.76. The monoisotopic (exact) mass is 382 g/mol. The second-order valence-electron chi connectivity index (χ2n) is 6.28. The molecular weight excluding hydrogens is 364 g/mol. The fourth-order valence-corrected chi connectivity index (χ4v) is 2.78. The third-order valence-corrected chi connectivity index (χ3v) is 4.15. The number of fused-ring (bicyclic) bond motifs is 1. The largest absolute Gasteiger partial charge is 0.482 e. The van der Waals surface area contributed by atoms with Gasteiger partial charge in [-0.3, -0.25) is 9.59 Å². The lowest BCUT2D eigenvalue weighted by Crippen LogP contribution is -2.39. The summed E-state index contributed by atoms with van der Waals surface area (Å²) in [6.07, 6.45) is 3.14. The molecule has 0 atom stereocenters. The van der Waals surface area contributed by atoms with Gasteiger partial charge in [0.2, 0.25) is 5.91 Å². The van der Waals surface area contributed by atoms with Gasteiger partial charge in [-0.15, -0.1) is 0 Å². The quantitative estimate of drug-likeness (QED) is 0.619. The molecule has 0 fully saturated rings. The summed E-state index contributed by atoms with van der Waals surface area (Å²) in [5.41, 5.74) is 2.92. The molecule has 3 rings (SSSR count). The highest BCUT2D eigenvalue weighted by Gasteiger charge is 2.25. The number of carbonyl (C=O) groups excluding carboxylic acids is 2. The number of ether oxygens (including phenoxy) is 1. The van der Waals surface area contributed by atoms with Crippen LogP contribution in [0, 0.1) is 0 Å². The summed E-state index contributed by atoms with van der Waals surface area (Å²) in [6, 6.07) is 12.4. The Balaban J connectivity index is 1.75. The number of rotatable bonds is 5. The van der Waals surface area contributed by atoms with E-state index in [0.29, 0.717) is 28.7 Å². The second kappa shape index (κ2) is 8.10. The predicted molar refractivity (Wildman–Crippen MR) is 108 cm³/mol. The standard InChI is InChI=1S/C21H19ClN2O3/c1-14(2)12-24-18-11-17(8-9-19(18)27-13-21(24)26)23-20(25)10-5-15-3-6-16(22)7-4-15/h3-11H,1,12-13H2,2H3,(H,23,25)/b10-5+. The summed E-state index contributed by atoms with van der Waals surface area (Å²) < 4.78 is 5.46. The fraction of sp³-hybridized carbons (Fsp3) is 0.143. The Kier molecular flexibility index (Phi) is 5.62. The van der Waals surface area contributed by atoms with Crippen molar-refractivity contribution < 1.29 is 14.3 Å². The molecular formula is C21H19ClN2O3. The highest BCUT2D eigenvalue weighted by atomic mass is 35.5. The maximum absolute atomic E-state index is 12.2. The van der Waals surface area contributed by atoms with Crippen molar-refractivity contribution in [3.8, 4) is 5.75 Å². The summed E-state index contributed by atoms with van der Waals surface area (Å²) in [5.74, 6) is 0.182. The molecule has 5 nitrogen and oxygen atoms in total. The van der Waals surface area contributed by atoms with E-state index in [1.807, 2.05) is 19.1 Å². The molecule has 2 amide bonds. The van der Waals surface area contributed by atoms with Crippen molar-refractivity contribution in [1.29, 1.82) is 0 Å². The average Bonchev–Trinajstić information content (AvgIpc) is 2.63. The molecule has 0 aromatic heterocycles. The van der Waals surface area contributed by atoms with Crippen LogP contribution in [0.3, 0.4) is 0 Å². The van der Waals surface area contributed by atoms with Crippen LogP contribution in [0.25, 0.3) is 6.08 Å². The lowest BCUT2D eigenvalue weighted by molar-refractivity contribution is -0.121. The van der Waals surface area contributed by atoms with E-state index in [4.69, 9.17) is 16.3 Å². The van der Waals surface area contributed by atoms with Gasteiger partial charge in [0, 0.05) is 23.3 Å². The number of hydrogen-bond donors (Lipinski definition) is 1. The van der Waals surface area contributed by atoms with Crippen molar-refractivity contribution in [2.45, 2.75) is 6.92 Å². The van der Waals surface area contributed by atoms with Gasteiger partial charge in [0.05, 0.1) is 5.69 Å². The lowest BCUT2D eigenvalue weighted by atomic mass is 10.2. The molecule has 6 heteroatoms. The summed E-state index contributed by atoms with van der Waals surface area (Å²) in [5, 5.41) is 3.44. The first kappa shape index (κ1) is 18.7. The van der Waals surface area contributed by atoms with Gasteiger partial charge < -0.3 is 15.0 Å². The average molecular weight is 383 g/mol. The molecule has 0 saturated heterocycles. The minimum absolute atomic E-state index is 0.00415. The van der Waals surface area contributed by atoms with Crippen molar-refractivity contribution in [2.75, 3.05) is 23.4 Å². The zero-order valence-electron chi connectivity index (χ0n) is 14.9. The van der Waals surface area contributed by atoms with E-state index in [0.717, 1.165) is 11.1 Å². The Hall–Kier alpha value is -3.05. The molecule has 27 heavy (non-hydrogen) atoms. The van der Waals surface area contributed by atoms with Gasteiger partial charge in [0.15, 0.2) is 6.61 Å². The molecule has 0 bridgehead atoms. The van der Waals surface area contributed by atoms with Crippen LogP contribution in [0.4, 0.5) is 11.4 Å². The topological polar surface area (TPSA) is 58.6 Å². The molecule has 2 aromatic rings. The number of hydrogen-bond acceptors (Lipinski definition) is 3. The minimum Gasteiger partial charge on any atom is -0.482 e. The van der Waals surface area contributed by atoms with Crippen LogP contribution in [0.15, 0.2) is 60.7 Å². The van der Waals surface area contributed by atoms with E-state index in [1.165, 1.54) is 6.08 Å². The van der Waals surface area contributed by atoms with Crippen LogP contribution in [-0.4, -0.2) is 25.0 Å². The van der Waals surface area contributed by atoms with E-state index in [9.17, 15) is 9.59 Å². The highest BCUT2D eigenvalue weighted by Crippen LogP contribution is 2.34. The molecule has 138 valence electrons. The normalized spacial score (nSPS) is 13.3. The zero-order chi connectivity index (χ0) is 19.4. The van der Waals surface area contributed by atoms with Crippen molar-refractivity contribution in [1.82, 2.24) is 0 Å². The Labute approximate surface area is 162 Å². The van der Waals surface area contributed by atoms with Crippen LogP contribution >= 0.6 is 11.6 Å². The minimum atomic E-state index is -0.278. The third-order valence-electron chi connectivity index (χ3n) is 3.89. The molecule has 0 aliphatic carbocycles. The molecule has 1 heterocycles. The summed E-state index contributed by atoms with van der Waals surface area (Å²) in [6.45, 7) is 6.12. The summed E-state index contributed by atoms with van der Waals surface area (Å²) >= 11 is 5.85. The van der Waals surface area contributed by atoms with Gasteiger partial charge in [-0.2, -0.15) is 0 Å². The van der Waals surface area contributed by atoms with E-state index in [1.54, 1.807) is 41.3 Å². The fourth-order valence-electron chi connectivity index (χ4n) is 2.65. The van der Waals surface area contributed by atoms with E-state index >= 15 is 0 Å². The van der Waals surface area contributed by atoms with E-state index in [2.05, 4.69) is 11.9 Å². The molecule has 0 spiro atoms. The highest BCUT2D eigenvalue weighted by molar-refractivity contribution is 6.30. The van der Waals surface area contributed by atoms with Crippen LogP contribution in [-0.2, 0) is 9.59 Å². The van der Waals surface area contributed by atoms with Gasteiger partial charge in [0.25, 0.3) is 5.91 Å². The Bertz CT molecular complexity index is 920. The van der Waals surface area contributed by atoms with Crippen LogP contribution in [0.5, 0.6) is 5.75 Å². The SMILES string of the molecule is C=C(C)CN1C(=O)COc2ccc(NC(=O)/C=C/c3ccc(Cl)cc3)cc21. The summed E-state index contributed by atoms with van der Waals surface area (Å²) in [7, 11) is 0. The van der Waals surface area contributed by atoms with Crippen molar-refractivity contribution >= 4 is 40.9 Å². The molecule has 2 aromatic carbocycles. The maximum atomic E-state index is 12.2. The molecule has 1 aliphatic rings. The summed E-state index contributed by atoms with van der Waals surface area (Å²) in [4.78, 5) is 26.0. The molecule has 0 unspecified atom stereocenters. The third kappa shape index (κ3) is 4.77. The van der Waals surface area contributed by atoms with E-state index < -0.39 is 0 Å². The van der Waals surface area contributed by atoms with Gasteiger partial charge in [-0.1, -0.05) is 35.9 Å². The van der Waals surface area contributed by atoms with Gasteiger partial charge >= 0.3 is 0 Å². The first-order chi connectivity index (χ1) is 12.9. The number of carbonyl (C=O) groups is 2. The Morgan fingerprint density at radius 1 is 1.30 bits per heavy atom. The first-order valence-electron chi connectivity index (χ1n) is 8.38. The Morgan fingerprint density at radius 2 is 2.04 bits per heavy atom. The molecule has 1 aliphatic heterocycles. The van der Waals surface area contributed by atoms with Gasteiger partial charge in [-0.05, 0) is 48.9 Å². The zero-order valence-corrected chi connectivity index (χ0v) is 15.6. The molecule has 0 saturated carbocycles. The van der Waals surface area contributed by atoms with Gasteiger partial charge in [0.1, 0.15) is 5.75 Å². The number of amides is 2. The van der Waals surface area contributed by atoms with Crippen LogP contribution < -0.4 is 15.0 Å². The molecule has 0 radical (unpaired) electrons. The predicted octanol–water partition coefficient (Wildman–Crippen LogP) is 4.29. The number of anilines is 2. The van der Waals surface area contributed by atoms with Crippen molar-refractivity contribution in [3.05, 3.63) is 71.3 Å². The Morgan fingerprint density at radius 3 is 2.74 bits per heavy atom. The number of nitrogens with one attached hydrogen (secondary N) is 1. The van der Waals surface area contributed by atoms with E-state index in [-0.39, 0.29) is 18.4 Å².